The van der Waals surface area contributed by atoms with Gasteiger partial charge >= 0.3 is 0 Å². The van der Waals surface area contributed by atoms with Gasteiger partial charge in [0.05, 0.1) is 4.90 Å². The molecule has 0 aromatic heterocycles. The van der Waals surface area contributed by atoms with Gasteiger partial charge in [-0.1, -0.05) is 19.1 Å². The summed E-state index contributed by atoms with van der Waals surface area (Å²) < 4.78 is 28.2. The number of sulfonamides is 1. The van der Waals surface area contributed by atoms with Crippen LogP contribution >= 0.6 is 22.6 Å². The summed E-state index contributed by atoms with van der Waals surface area (Å²) in [4.78, 5) is 0.264. The Bertz CT molecular complexity index is 700. The molecule has 0 aliphatic heterocycles. The maximum Gasteiger partial charge on any atom is 0.261 e. The molecule has 2 aromatic rings. The van der Waals surface area contributed by atoms with Gasteiger partial charge in [-0.3, -0.25) is 4.72 Å². The molecule has 6 heteroatoms. The lowest BCUT2D eigenvalue weighted by Gasteiger charge is -2.10. The second-order valence-corrected chi connectivity index (χ2v) is 7.47. The Morgan fingerprint density at radius 2 is 1.81 bits per heavy atom. The lowest BCUT2D eigenvalue weighted by atomic mass is 10.2. The Balaban J connectivity index is 2.18. The summed E-state index contributed by atoms with van der Waals surface area (Å²) in [5.74, 6) is 0. The molecule has 0 radical (unpaired) electrons. The van der Waals surface area contributed by atoms with Crippen LogP contribution in [0.5, 0.6) is 0 Å². The summed E-state index contributed by atoms with van der Waals surface area (Å²) in [5.41, 5.74) is 1.61. The van der Waals surface area contributed by atoms with Crippen LogP contribution in [0.25, 0.3) is 0 Å². The van der Waals surface area contributed by atoms with Gasteiger partial charge in [-0.05, 0) is 71.1 Å². The molecule has 0 unspecified atom stereocenters. The van der Waals surface area contributed by atoms with E-state index in [1.54, 1.807) is 30.3 Å². The highest BCUT2D eigenvalue weighted by molar-refractivity contribution is 14.1. The van der Waals surface area contributed by atoms with Gasteiger partial charge in [0.25, 0.3) is 10.0 Å². The topological polar surface area (TPSA) is 58.2 Å². The van der Waals surface area contributed by atoms with Gasteiger partial charge in [-0.2, -0.15) is 0 Å². The summed E-state index contributed by atoms with van der Waals surface area (Å²) in [6.45, 7) is 3.62. The molecule has 0 saturated heterocycles. The van der Waals surface area contributed by atoms with E-state index in [2.05, 4.69) is 32.6 Å². The van der Waals surface area contributed by atoms with Crippen LogP contribution in [0.3, 0.4) is 0 Å². The molecule has 0 aliphatic rings. The minimum atomic E-state index is -3.54. The molecular weight excluding hydrogens is 399 g/mol. The molecular formula is C15H17IN2O2S. The molecule has 2 aromatic carbocycles. The largest absolute Gasteiger partial charge is 0.313 e. The minimum Gasteiger partial charge on any atom is -0.313 e. The minimum absolute atomic E-state index is 0.264. The van der Waals surface area contributed by atoms with E-state index in [4.69, 9.17) is 0 Å². The Labute approximate surface area is 139 Å². The fraction of sp³-hybridized carbons (Fsp3) is 0.200. The number of rotatable bonds is 6. The molecule has 0 saturated carbocycles. The summed E-state index contributed by atoms with van der Waals surface area (Å²) in [6.07, 6.45) is 0. The quantitative estimate of drug-likeness (QED) is 0.712. The van der Waals surface area contributed by atoms with E-state index in [1.807, 2.05) is 25.1 Å². The molecule has 0 atom stereocenters. The second-order valence-electron chi connectivity index (χ2n) is 4.54. The van der Waals surface area contributed by atoms with Crippen molar-refractivity contribution in [2.45, 2.75) is 18.4 Å². The van der Waals surface area contributed by atoms with E-state index in [1.165, 1.54) is 0 Å². The summed E-state index contributed by atoms with van der Waals surface area (Å²) >= 11 is 2.14. The number of nitrogens with one attached hydrogen (secondary N) is 2. The van der Waals surface area contributed by atoms with Crippen molar-refractivity contribution in [1.29, 1.82) is 0 Å². The third kappa shape index (κ3) is 4.69. The smallest absolute Gasteiger partial charge is 0.261 e. The number of benzene rings is 2. The van der Waals surface area contributed by atoms with Gasteiger partial charge in [0.15, 0.2) is 0 Å². The highest BCUT2D eigenvalue weighted by Crippen LogP contribution is 2.18. The molecule has 0 fully saturated rings. The molecule has 2 N–H and O–H groups in total. The monoisotopic (exact) mass is 416 g/mol. The van der Waals surface area contributed by atoms with Crippen molar-refractivity contribution >= 4 is 38.3 Å². The third-order valence-electron chi connectivity index (χ3n) is 2.88. The summed E-state index contributed by atoms with van der Waals surface area (Å²) in [7, 11) is -3.54. The Morgan fingerprint density at radius 1 is 1.10 bits per heavy atom. The number of hydrogen-bond donors (Lipinski definition) is 2. The molecule has 2 rings (SSSR count). The van der Waals surface area contributed by atoms with Crippen molar-refractivity contribution < 1.29 is 8.42 Å². The number of halogens is 1. The van der Waals surface area contributed by atoms with Crippen LogP contribution in [0, 0.1) is 3.57 Å². The second kappa shape index (κ2) is 7.24. The van der Waals surface area contributed by atoms with Crippen LogP contribution in [-0.2, 0) is 16.6 Å². The number of hydrogen-bond acceptors (Lipinski definition) is 3. The Kier molecular flexibility index (Phi) is 5.60. The van der Waals surface area contributed by atoms with Crippen molar-refractivity contribution in [2.75, 3.05) is 11.3 Å². The van der Waals surface area contributed by atoms with Crippen molar-refractivity contribution in [3.8, 4) is 0 Å². The van der Waals surface area contributed by atoms with Gasteiger partial charge in [-0.25, -0.2) is 8.42 Å². The SMILES string of the molecule is CCNCc1cccc(NS(=O)(=O)c2ccc(I)cc2)c1. The van der Waals surface area contributed by atoms with Crippen LogP contribution in [0.4, 0.5) is 5.69 Å². The van der Waals surface area contributed by atoms with Crippen LogP contribution in [0.15, 0.2) is 53.4 Å². The zero-order valence-corrected chi connectivity index (χ0v) is 14.6. The van der Waals surface area contributed by atoms with Crippen molar-refractivity contribution in [1.82, 2.24) is 5.32 Å². The highest BCUT2D eigenvalue weighted by Gasteiger charge is 2.13. The first-order valence-corrected chi connectivity index (χ1v) is 9.15. The Hall–Kier alpha value is -1.12. The molecule has 0 aliphatic carbocycles. The standard InChI is InChI=1S/C15H17IN2O2S/c1-2-17-11-12-4-3-5-14(10-12)18-21(19,20)15-8-6-13(16)7-9-15/h3-10,17-18H,2,11H2,1H3. The van der Waals surface area contributed by atoms with Crippen LogP contribution in [0.2, 0.25) is 0 Å². The predicted octanol–water partition coefficient (Wildman–Crippen LogP) is 3.20. The maximum atomic E-state index is 12.3. The fourth-order valence-electron chi connectivity index (χ4n) is 1.84. The van der Waals surface area contributed by atoms with Gasteiger partial charge in [0.1, 0.15) is 0 Å². The summed E-state index contributed by atoms with van der Waals surface area (Å²) in [5, 5.41) is 3.21. The first kappa shape index (κ1) is 16.3. The van der Waals surface area contributed by atoms with E-state index in [9.17, 15) is 8.42 Å². The van der Waals surface area contributed by atoms with Crippen LogP contribution < -0.4 is 10.0 Å². The van der Waals surface area contributed by atoms with Gasteiger partial charge in [-0.15, -0.1) is 0 Å². The summed E-state index contributed by atoms with van der Waals surface area (Å²) in [6, 6.07) is 14.2. The first-order valence-electron chi connectivity index (χ1n) is 6.59. The van der Waals surface area contributed by atoms with Crippen molar-refractivity contribution in [3.63, 3.8) is 0 Å². The zero-order chi connectivity index (χ0) is 15.3. The maximum absolute atomic E-state index is 12.3. The lowest BCUT2D eigenvalue weighted by molar-refractivity contribution is 0.601. The van der Waals surface area contributed by atoms with E-state index in [0.717, 1.165) is 22.2 Å². The fourth-order valence-corrected chi connectivity index (χ4v) is 3.25. The highest BCUT2D eigenvalue weighted by atomic mass is 127. The Morgan fingerprint density at radius 3 is 2.48 bits per heavy atom. The molecule has 0 amide bonds. The number of anilines is 1. The average molecular weight is 416 g/mol. The molecule has 21 heavy (non-hydrogen) atoms. The molecule has 0 heterocycles. The van der Waals surface area contributed by atoms with E-state index < -0.39 is 10.0 Å². The molecule has 4 nitrogen and oxygen atoms in total. The van der Waals surface area contributed by atoms with Crippen LogP contribution in [-0.4, -0.2) is 15.0 Å². The van der Waals surface area contributed by atoms with E-state index in [0.29, 0.717) is 5.69 Å². The van der Waals surface area contributed by atoms with Crippen molar-refractivity contribution in [3.05, 3.63) is 57.7 Å². The van der Waals surface area contributed by atoms with Crippen LogP contribution in [0.1, 0.15) is 12.5 Å². The van der Waals surface area contributed by atoms with Crippen molar-refractivity contribution in [2.24, 2.45) is 0 Å². The van der Waals surface area contributed by atoms with Gasteiger partial charge < -0.3 is 5.32 Å². The van der Waals surface area contributed by atoms with Gasteiger partial charge in [0, 0.05) is 15.8 Å². The molecule has 0 bridgehead atoms. The zero-order valence-electron chi connectivity index (χ0n) is 11.6. The van der Waals surface area contributed by atoms with Gasteiger partial charge in [0.2, 0.25) is 0 Å². The van der Waals surface area contributed by atoms with E-state index in [-0.39, 0.29) is 4.90 Å². The average Bonchev–Trinajstić information content (AvgIpc) is 2.45. The first-order chi connectivity index (χ1) is 10.0. The van der Waals surface area contributed by atoms with E-state index >= 15 is 0 Å². The molecule has 112 valence electrons. The predicted molar refractivity (Wildman–Crippen MR) is 93.8 cm³/mol. The third-order valence-corrected chi connectivity index (χ3v) is 5.00. The lowest BCUT2D eigenvalue weighted by Crippen LogP contribution is -2.14. The molecule has 0 spiro atoms. The normalized spacial score (nSPS) is 11.3.